The molecule has 0 aromatic carbocycles. The maximum Gasteiger partial charge on any atom is 0.0894 e. The molecule has 0 saturated heterocycles. The zero-order valence-electron chi connectivity index (χ0n) is 14.0. The lowest BCUT2D eigenvalue weighted by Crippen LogP contribution is -2.36. The maximum atomic E-state index is 9.52. The summed E-state index contributed by atoms with van der Waals surface area (Å²) in [6.45, 7) is 2.08. The Morgan fingerprint density at radius 2 is 1.33 bits per heavy atom. The first-order valence-electron chi connectivity index (χ1n) is 8.93. The maximum absolute atomic E-state index is 9.52. The van der Waals surface area contributed by atoms with Gasteiger partial charge in [-0.05, 0) is 12.8 Å². The molecular formula is C18H37NO2. The van der Waals surface area contributed by atoms with Crippen LogP contribution in [-0.2, 0) is 0 Å². The molecule has 0 saturated carbocycles. The summed E-state index contributed by atoms with van der Waals surface area (Å²) < 4.78 is 0. The fourth-order valence-electron chi connectivity index (χ4n) is 2.41. The van der Waals surface area contributed by atoms with E-state index < -0.39 is 12.1 Å². The van der Waals surface area contributed by atoms with Crippen LogP contribution in [0.15, 0.2) is 12.2 Å². The van der Waals surface area contributed by atoms with E-state index in [0.717, 1.165) is 6.42 Å². The molecule has 2 atom stereocenters. The summed E-state index contributed by atoms with van der Waals surface area (Å²) in [5.74, 6) is 0. The van der Waals surface area contributed by atoms with Gasteiger partial charge in [-0.2, -0.15) is 0 Å². The predicted octanol–water partition coefficient (Wildman–Crippen LogP) is 3.92. The van der Waals surface area contributed by atoms with Crippen molar-refractivity contribution in [2.24, 2.45) is 5.73 Å². The van der Waals surface area contributed by atoms with Gasteiger partial charge in [0.05, 0.1) is 18.8 Å². The molecule has 0 spiro atoms. The summed E-state index contributed by atoms with van der Waals surface area (Å²) in [5.41, 5.74) is 5.51. The molecule has 4 N–H and O–H groups in total. The first-order valence-corrected chi connectivity index (χ1v) is 8.93. The Balaban J connectivity index is 3.20. The number of hydrogen-bond acceptors (Lipinski definition) is 3. The van der Waals surface area contributed by atoms with Crippen LogP contribution in [0.2, 0.25) is 0 Å². The van der Waals surface area contributed by atoms with Gasteiger partial charge in [0.25, 0.3) is 0 Å². The van der Waals surface area contributed by atoms with Crippen LogP contribution in [0.4, 0.5) is 0 Å². The molecule has 0 bridgehead atoms. The number of hydrogen-bond donors (Lipinski definition) is 3. The van der Waals surface area contributed by atoms with Gasteiger partial charge in [0, 0.05) is 0 Å². The Hall–Kier alpha value is -0.380. The standard InChI is InChI=1S/C18H37NO2/c1-2-3-4-5-6-7-8-9-10-11-12-13-14-15-18(21)17(19)16-20/h14-15,17-18,20-21H,2-13,16,19H2,1H3/t17-,18+/m1/s1. The molecule has 0 aromatic heterocycles. The topological polar surface area (TPSA) is 66.5 Å². The molecule has 0 rings (SSSR count). The number of rotatable bonds is 15. The van der Waals surface area contributed by atoms with Crippen LogP contribution in [0.3, 0.4) is 0 Å². The van der Waals surface area contributed by atoms with E-state index in [0.29, 0.717) is 0 Å². The summed E-state index contributed by atoms with van der Waals surface area (Å²) in [4.78, 5) is 0. The molecule has 0 aliphatic carbocycles. The van der Waals surface area contributed by atoms with E-state index in [2.05, 4.69) is 6.92 Å². The fraction of sp³-hybridized carbons (Fsp3) is 0.889. The van der Waals surface area contributed by atoms with Crippen molar-refractivity contribution in [1.82, 2.24) is 0 Å². The van der Waals surface area contributed by atoms with Crippen LogP contribution in [0, 0.1) is 0 Å². The molecule has 0 radical (unpaired) electrons. The third kappa shape index (κ3) is 14.3. The molecule has 0 aliphatic heterocycles. The highest BCUT2D eigenvalue weighted by atomic mass is 16.3. The van der Waals surface area contributed by atoms with Crippen molar-refractivity contribution in [3.63, 3.8) is 0 Å². The highest BCUT2D eigenvalue weighted by Crippen LogP contribution is 2.12. The Morgan fingerprint density at radius 3 is 1.81 bits per heavy atom. The van der Waals surface area contributed by atoms with Crippen molar-refractivity contribution in [1.29, 1.82) is 0 Å². The lowest BCUT2D eigenvalue weighted by Gasteiger charge is -2.11. The van der Waals surface area contributed by atoms with Gasteiger partial charge in [0.1, 0.15) is 0 Å². The first kappa shape index (κ1) is 20.6. The lowest BCUT2D eigenvalue weighted by atomic mass is 10.0. The second-order valence-electron chi connectivity index (χ2n) is 6.09. The number of nitrogens with two attached hydrogens (primary N) is 1. The summed E-state index contributed by atoms with van der Waals surface area (Å²) >= 11 is 0. The average Bonchev–Trinajstić information content (AvgIpc) is 2.50. The predicted molar refractivity (Wildman–Crippen MR) is 91.3 cm³/mol. The number of aliphatic hydroxyl groups excluding tert-OH is 2. The van der Waals surface area contributed by atoms with Crippen LogP contribution < -0.4 is 5.73 Å². The van der Waals surface area contributed by atoms with Crippen molar-refractivity contribution in [2.75, 3.05) is 6.61 Å². The van der Waals surface area contributed by atoms with Crippen molar-refractivity contribution in [3.8, 4) is 0 Å². The molecule has 0 fully saturated rings. The minimum absolute atomic E-state index is 0.177. The summed E-state index contributed by atoms with van der Waals surface area (Å²) in [7, 11) is 0. The first-order chi connectivity index (χ1) is 10.2. The quantitative estimate of drug-likeness (QED) is 0.317. The third-order valence-corrected chi connectivity index (χ3v) is 3.96. The SMILES string of the molecule is CCCCCCCCCCCCCC=C[C@H](O)[C@H](N)CO. The molecule has 0 amide bonds. The van der Waals surface area contributed by atoms with Crippen LogP contribution in [0.1, 0.15) is 84.0 Å². The zero-order chi connectivity index (χ0) is 15.8. The van der Waals surface area contributed by atoms with Gasteiger partial charge in [0.2, 0.25) is 0 Å². The van der Waals surface area contributed by atoms with E-state index in [1.807, 2.05) is 6.08 Å². The van der Waals surface area contributed by atoms with E-state index in [4.69, 9.17) is 10.8 Å². The fourth-order valence-corrected chi connectivity index (χ4v) is 2.41. The molecule has 3 nitrogen and oxygen atoms in total. The summed E-state index contributed by atoms with van der Waals surface area (Å²) in [6, 6.07) is -0.557. The van der Waals surface area contributed by atoms with Gasteiger partial charge < -0.3 is 15.9 Å². The van der Waals surface area contributed by atoms with Gasteiger partial charge in [0.15, 0.2) is 0 Å². The van der Waals surface area contributed by atoms with Gasteiger partial charge in [-0.15, -0.1) is 0 Å². The van der Waals surface area contributed by atoms with Crippen LogP contribution in [0.5, 0.6) is 0 Å². The van der Waals surface area contributed by atoms with Crippen LogP contribution in [-0.4, -0.2) is 29.0 Å². The third-order valence-electron chi connectivity index (χ3n) is 3.96. The van der Waals surface area contributed by atoms with Gasteiger partial charge in [-0.1, -0.05) is 83.3 Å². The number of allylic oxidation sites excluding steroid dienone is 1. The molecule has 0 unspecified atom stereocenters. The Bertz CT molecular complexity index is 231. The average molecular weight is 299 g/mol. The highest BCUT2D eigenvalue weighted by molar-refractivity contribution is 4.93. The minimum atomic E-state index is -0.720. The van der Waals surface area contributed by atoms with Crippen molar-refractivity contribution in [2.45, 2.75) is 96.1 Å². The van der Waals surface area contributed by atoms with E-state index in [-0.39, 0.29) is 6.61 Å². The van der Waals surface area contributed by atoms with Gasteiger partial charge in [-0.25, -0.2) is 0 Å². The second-order valence-corrected chi connectivity index (χ2v) is 6.09. The van der Waals surface area contributed by atoms with Crippen LogP contribution >= 0.6 is 0 Å². The Labute approximate surface area is 131 Å². The van der Waals surface area contributed by atoms with Crippen molar-refractivity contribution in [3.05, 3.63) is 12.2 Å². The molecule has 0 aromatic rings. The Morgan fingerprint density at radius 1 is 0.857 bits per heavy atom. The molecule has 0 aliphatic rings. The van der Waals surface area contributed by atoms with Gasteiger partial charge >= 0.3 is 0 Å². The number of unbranched alkanes of at least 4 members (excludes halogenated alkanes) is 11. The van der Waals surface area contributed by atoms with E-state index in [1.54, 1.807) is 6.08 Å². The number of aliphatic hydroxyl groups is 2. The zero-order valence-corrected chi connectivity index (χ0v) is 14.0. The molecule has 3 heteroatoms. The van der Waals surface area contributed by atoms with Gasteiger partial charge in [-0.3, -0.25) is 0 Å². The lowest BCUT2D eigenvalue weighted by molar-refractivity contribution is 0.144. The highest BCUT2D eigenvalue weighted by Gasteiger charge is 2.08. The summed E-state index contributed by atoms with van der Waals surface area (Å²) in [5, 5.41) is 18.3. The second kappa shape index (κ2) is 16.0. The van der Waals surface area contributed by atoms with E-state index >= 15 is 0 Å². The Kier molecular flexibility index (Phi) is 15.7. The summed E-state index contributed by atoms with van der Waals surface area (Å²) in [6.07, 6.45) is 18.8. The molecule has 126 valence electrons. The van der Waals surface area contributed by atoms with Crippen molar-refractivity contribution >= 4 is 0 Å². The van der Waals surface area contributed by atoms with E-state index in [9.17, 15) is 5.11 Å². The molecule has 21 heavy (non-hydrogen) atoms. The van der Waals surface area contributed by atoms with E-state index in [1.165, 1.54) is 70.6 Å². The van der Waals surface area contributed by atoms with Crippen molar-refractivity contribution < 1.29 is 10.2 Å². The normalized spacial score (nSPS) is 14.7. The van der Waals surface area contributed by atoms with Crippen LogP contribution in [0.25, 0.3) is 0 Å². The molecule has 0 heterocycles. The molecular weight excluding hydrogens is 262 g/mol. The monoisotopic (exact) mass is 299 g/mol. The minimum Gasteiger partial charge on any atom is -0.395 e. The smallest absolute Gasteiger partial charge is 0.0894 e. The largest absolute Gasteiger partial charge is 0.395 e.